The number of nitrogens with two attached hydrogens (primary N) is 1. The number of hydrogen-bond acceptors (Lipinski definition) is 9. The van der Waals surface area contributed by atoms with Crippen LogP contribution < -0.4 is 30.0 Å². The van der Waals surface area contributed by atoms with Gasteiger partial charge in [0.15, 0.2) is 11.5 Å². The number of hydrogen-bond donors (Lipinski definition) is 2. The Balaban J connectivity index is 1.22. The van der Waals surface area contributed by atoms with E-state index in [9.17, 15) is 9.59 Å². The van der Waals surface area contributed by atoms with Gasteiger partial charge in [-0.1, -0.05) is 25.0 Å². The number of nitrogen functional groups attached to an aromatic ring is 1. The summed E-state index contributed by atoms with van der Waals surface area (Å²) in [6.07, 6.45) is 4.09. The average molecular weight is 590 g/mol. The Morgan fingerprint density at radius 1 is 0.881 bits per heavy atom. The average Bonchev–Trinajstić information content (AvgIpc) is 3.51. The van der Waals surface area contributed by atoms with Crippen molar-refractivity contribution in [2.45, 2.75) is 32.1 Å². The normalized spacial score (nSPS) is 10.6. The molecule has 1 aromatic heterocycles. The quantitative estimate of drug-likeness (QED) is 0.0902. The number of rotatable bonds is 15. The van der Waals surface area contributed by atoms with Gasteiger partial charge in [0.2, 0.25) is 17.4 Å². The summed E-state index contributed by atoms with van der Waals surface area (Å²) in [6, 6.07) is 18.1. The molecule has 0 aliphatic heterocycles. The minimum Gasteiger partial charge on any atom is -0.494 e. The fraction of sp³-hybridized carbons (Fsp3) is 0.281. The van der Waals surface area contributed by atoms with Crippen LogP contribution in [-0.4, -0.2) is 44.6 Å². The lowest BCUT2D eigenvalue weighted by Gasteiger charge is -2.13. The van der Waals surface area contributed by atoms with Crippen molar-refractivity contribution in [2.24, 2.45) is 0 Å². The Morgan fingerprint density at radius 3 is 2.24 bits per heavy atom. The first-order valence-corrected chi connectivity index (χ1v) is 14.5. The zero-order valence-electron chi connectivity index (χ0n) is 24.0. The number of carbonyl (C=O) groups excluding carboxylic acids is 2. The lowest BCUT2D eigenvalue weighted by Crippen LogP contribution is -2.12. The predicted octanol–water partition coefficient (Wildman–Crippen LogP) is 6.62. The van der Waals surface area contributed by atoms with Crippen molar-refractivity contribution in [3.8, 4) is 33.6 Å². The van der Waals surface area contributed by atoms with Crippen molar-refractivity contribution >= 4 is 34.4 Å². The second-order valence-corrected chi connectivity index (χ2v) is 10.3. The van der Waals surface area contributed by atoms with Crippen molar-refractivity contribution in [3.63, 3.8) is 0 Å². The molecule has 3 aromatic carbocycles. The van der Waals surface area contributed by atoms with Crippen LogP contribution in [0.5, 0.6) is 23.0 Å². The number of ether oxygens (including phenoxy) is 4. The molecule has 0 aliphatic carbocycles. The first-order valence-electron chi connectivity index (χ1n) is 13.6. The van der Waals surface area contributed by atoms with E-state index in [2.05, 4.69) is 10.3 Å². The van der Waals surface area contributed by atoms with Crippen LogP contribution in [-0.2, 0) is 4.79 Å². The monoisotopic (exact) mass is 589 g/mol. The lowest BCUT2D eigenvalue weighted by molar-refractivity contribution is -0.116. The number of benzene rings is 3. The molecule has 0 aliphatic rings. The SMILES string of the molecule is COc1cc(C(=O)c2csc(-c3ccc(OCCCCCCC(=O)Nc4ccccc4N)cc3)n2)cc(OC)c1OC. The van der Waals surface area contributed by atoms with E-state index < -0.39 is 0 Å². The fourth-order valence-corrected chi connectivity index (χ4v) is 5.13. The Kier molecular flexibility index (Phi) is 10.8. The summed E-state index contributed by atoms with van der Waals surface area (Å²) in [7, 11) is 4.53. The number of aromatic nitrogens is 1. The molecule has 1 amide bonds. The van der Waals surface area contributed by atoms with Gasteiger partial charge in [0.1, 0.15) is 16.5 Å². The van der Waals surface area contributed by atoms with Crippen LogP contribution in [0.1, 0.15) is 48.2 Å². The van der Waals surface area contributed by atoms with Crippen LogP contribution in [0.2, 0.25) is 0 Å². The maximum atomic E-state index is 13.2. The van der Waals surface area contributed by atoms with Crippen molar-refractivity contribution in [2.75, 3.05) is 39.0 Å². The van der Waals surface area contributed by atoms with E-state index in [0.717, 1.165) is 42.0 Å². The van der Waals surface area contributed by atoms with E-state index in [4.69, 9.17) is 24.7 Å². The molecule has 9 nitrogen and oxygen atoms in total. The highest BCUT2D eigenvalue weighted by atomic mass is 32.1. The molecule has 0 fully saturated rings. The van der Waals surface area contributed by atoms with E-state index in [0.29, 0.717) is 52.9 Å². The molecule has 4 rings (SSSR count). The third-order valence-electron chi connectivity index (χ3n) is 6.57. The smallest absolute Gasteiger partial charge is 0.224 e. The molecule has 0 radical (unpaired) electrons. The zero-order chi connectivity index (χ0) is 29.9. The van der Waals surface area contributed by atoms with E-state index in [1.807, 2.05) is 36.4 Å². The number of amides is 1. The molecule has 10 heteroatoms. The fourth-order valence-electron chi connectivity index (χ4n) is 4.32. The number of ketones is 1. The number of para-hydroxylation sites is 2. The summed E-state index contributed by atoms with van der Waals surface area (Å²) in [5.74, 6) is 1.74. The zero-order valence-corrected chi connectivity index (χ0v) is 24.8. The van der Waals surface area contributed by atoms with Crippen molar-refractivity contribution in [3.05, 3.63) is 77.3 Å². The molecular weight excluding hydrogens is 554 g/mol. The first-order chi connectivity index (χ1) is 20.4. The maximum Gasteiger partial charge on any atom is 0.224 e. The molecule has 1 heterocycles. The Morgan fingerprint density at radius 2 is 1.57 bits per heavy atom. The molecule has 4 aromatic rings. The van der Waals surface area contributed by atoms with Gasteiger partial charge in [0, 0.05) is 22.9 Å². The number of nitrogens with one attached hydrogen (secondary N) is 1. The second-order valence-electron chi connectivity index (χ2n) is 9.45. The molecule has 0 atom stereocenters. The lowest BCUT2D eigenvalue weighted by atomic mass is 10.1. The van der Waals surface area contributed by atoms with Crippen LogP contribution >= 0.6 is 11.3 Å². The highest BCUT2D eigenvalue weighted by Crippen LogP contribution is 2.39. The number of methoxy groups -OCH3 is 3. The van der Waals surface area contributed by atoms with Crippen LogP contribution in [0.3, 0.4) is 0 Å². The number of anilines is 2. The standard InChI is InChI=1S/C32H35N3O6S/c1-38-27-18-22(19-28(39-2)31(27)40-3)30(37)26-20-42-32(35-26)21-13-15-23(16-14-21)41-17-9-5-4-6-12-29(36)34-25-11-8-7-10-24(25)33/h7-8,10-11,13-16,18-20H,4-6,9,12,17,33H2,1-3H3,(H,34,36). The minimum absolute atomic E-state index is 0.0258. The summed E-state index contributed by atoms with van der Waals surface area (Å²) < 4.78 is 22.0. The van der Waals surface area contributed by atoms with E-state index in [-0.39, 0.29) is 11.7 Å². The van der Waals surface area contributed by atoms with Crippen molar-refractivity contribution in [1.29, 1.82) is 0 Å². The maximum absolute atomic E-state index is 13.2. The van der Waals surface area contributed by atoms with Crippen LogP contribution in [0.15, 0.2) is 66.0 Å². The Labute approximate surface area is 249 Å². The topological polar surface area (TPSA) is 122 Å². The van der Waals surface area contributed by atoms with Crippen molar-refractivity contribution < 1.29 is 28.5 Å². The first kappa shape index (κ1) is 30.4. The molecule has 0 unspecified atom stereocenters. The molecule has 0 saturated carbocycles. The van der Waals surface area contributed by atoms with Gasteiger partial charge in [-0.15, -0.1) is 11.3 Å². The number of thiazole rings is 1. The molecule has 220 valence electrons. The predicted molar refractivity (Wildman–Crippen MR) is 165 cm³/mol. The van der Waals surface area contributed by atoms with Crippen molar-refractivity contribution in [1.82, 2.24) is 4.98 Å². The Bertz CT molecular complexity index is 1480. The van der Waals surface area contributed by atoms with Gasteiger partial charge in [-0.3, -0.25) is 9.59 Å². The second kappa shape index (κ2) is 14.9. The van der Waals surface area contributed by atoms with E-state index >= 15 is 0 Å². The summed E-state index contributed by atoms with van der Waals surface area (Å²) in [4.78, 5) is 29.8. The highest BCUT2D eigenvalue weighted by Gasteiger charge is 2.20. The Hall–Kier alpha value is -4.57. The molecule has 0 saturated heterocycles. The third kappa shape index (κ3) is 7.79. The minimum atomic E-state index is -0.238. The van der Waals surface area contributed by atoms with E-state index in [1.54, 1.807) is 29.6 Å². The molecule has 42 heavy (non-hydrogen) atoms. The summed E-state index contributed by atoms with van der Waals surface area (Å²) in [5, 5.41) is 5.33. The molecule has 3 N–H and O–H groups in total. The third-order valence-corrected chi connectivity index (χ3v) is 7.46. The largest absolute Gasteiger partial charge is 0.494 e. The van der Waals surface area contributed by atoms with Crippen LogP contribution in [0, 0.1) is 0 Å². The molecule has 0 bridgehead atoms. The van der Waals surface area contributed by atoms with Gasteiger partial charge in [0.05, 0.1) is 39.3 Å². The van der Waals surface area contributed by atoms with E-state index in [1.165, 1.54) is 32.7 Å². The highest BCUT2D eigenvalue weighted by molar-refractivity contribution is 7.13. The van der Waals surface area contributed by atoms with Gasteiger partial charge < -0.3 is 30.0 Å². The number of nitrogens with zero attached hydrogens (tertiary/aromatic N) is 1. The van der Waals surface area contributed by atoms with Gasteiger partial charge in [-0.05, 0) is 61.4 Å². The summed E-state index contributed by atoms with van der Waals surface area (Å²) in [5.41, 5.74) is 8.71. The molecular formula is C32H35N3O6S. The van der Waals surface area contributed by atoms with Gasteiger partial charge in [-0.2, -0.15) is 0 Å². The molecule has 0 spiro atoms. The summed E-state index contributed by atoms with van der Waals surface area (Å²) in [6.45, 7) is 0.594. The number of carbonyl (C=O) groups is 2. The summed E-state index contributed by atoms with van der Waals surface area (Å²) >= 11 is 1.40. The van der Waals surface area contributed by atoms with Gasteiger partial charge in [-0.25, -0.2) is 4.98 Å². The van der Waals surface area contributed by atoms with Gasteiger partial charge >= 0.3 is 0 Å². The van der Waals surface area contributed by atoms with Gasteiger partial charge in [0.25, 0.3) is 0 Å². The number of unbranched alkanes of at least 4 members (excludes halogenated alkanes) is 3. The van der Waals surface area contributed by atoms with Crippen LogP contribution in [0.25, 0.3) is 10.6 Å². The van der Waals surface area contributed by atoms with Crippen LogP contribution in [0.4, 0.5) is 11.4 Å².